The molecule has 0 spiro atoms. The average Bonchev–Trinajstić information content (AvgIpc) is 2.36. The lowest BCUT2D eigenvalue weighted by molar-refractivity contribution is 0.272. The van der Waals surface area contributed by atoms with Gasteiger partial charge < -0.3 is 20.3 Å². The SMILES string of the molecule is COc1ccc(C(N)=S)cc1CN(C)CCN(C)C. The summed E-state index contributed by atoms with van der Waals surface area (Å²) in [6.45, 7) is 2.83. The van der Waals surface area contributed by atoms with Gasteiger partial charge in [0.05, 0.1) is 7.11 Å². The Kier molecular flexibility index (Phi) is 6.21. The van der Waals surface area contributed by atoms with E-state index in [1.165, 1.54) is 0 Å². The maximum Gasteiger partial charge on any atom is 0.123 e. The lowest BCUT2D eigenvalue weighted by Crippen LogP contribution is -2.28. The second-order valence-electron chi connectivity index (χ2n) is 4.93. The minimum Gasteiger partial charge on any atom is -0.496 e. The molecular formula is C14H23N3OS. The lowest BCUT2D eigenvalue weighted by atomic mass is 10.1. The summed E-state index contributed by atoms with van der Waals surface area (Å²) in [5, 5.41) is 0. The van der Waals surface area contributed by atoms with Gasteiger partial charge in [0.25, 0.3) is 0 Å². The van der Waals surface area contributed by atoms with Crippen LogP contribution < -0.4 is 10.5 Å². The Bertz CT molecular complexity index is 435. The highest BCUT2D eigenvalue weighted by atomic mass is 32.1. The highest BCUT2D eigenvalue weighted by Gasteiger charge is 2.09. The van der Waals surface area contributed by atoms with Crippen LogP contribution in [0.15, 0.2) is 18.2 Å². The van der Waals surface area contributed by atoms with Gasteiger partial charge in [0, 0.05) is 30.8 Å². The van der Waals surface area contributed by atoms with Crippen molar-refractivity contribution in [3.8, 4) is 5.75 Å². The molecule has 0 saturated carbocycles. The molecule has 0 atom stereocenters. The van der Waals surface area contributed by atoms with E-state index in [9.17, 15) is 0 Å². The van der Waals surface area contributed by atoms with Gasteiger partial charge in [-0.1, -0.05) is 12.2 Å². The maximum atomic E-state index is 5.67. The number of hydrogen-bond acceptors (Lipinski definition) is 4. The lowest BCUT2D eigenvalue weighted by Gasteiger charge is -2.21. The van der Waals surface area contributed by atoms with Crippen LogP contribution in [0.4, 0.5) is 0 Å². The second kappa shape index (κ2) is 7.43. The average molecular weight is 281 g/mol. The molecule has 2 N–H and O–H groups in total. The van der Waals surface area contributed by atoms with Crippen molar-refractivity contribution < 1.29 is 4.74 Å². The Morgan fingerprint density at radius 3 is 2.47 bits per heavy atom. The quantitative estimate of drug-likeness (QED) is 0.764. The zero-order valence-corrected chi connectivity index (χ0v) is 13.0. The van der Waals surface area contributed by atoms with E-state index in [0.29, 0.717) is 4.99 Å². The number of ether oxygens (including phenoxy) is 1. The van der Waals surface area contributed by atoms with Crippen molar-refractivity contribution >= 4 is 17.2 Å². The Balaban J connectivity index is 2.79. The van der Waals surface area contributed by atoms with E-state index in [4.69, 9.17) is 22.7 Å². The molecule has 106 valence electrons. The van der Waals surface area contributed by atoms with Crippen molar-refractivity contribution in [3.05, 3.63) is 29.3 Å². The summed E-state index contributed by atoms with van der Waals surface area (Å²) in [6.07, 6.45) is 0. The predicted octanol–water partition coefficient (Wildman–Crippen LogP) is 1.32. The molecular weight excluding hydrogens is 258 g/mol. The Morgan fingerprint density at radius 2 is 1.95 bits per heavy atom. The van der Waals surface area contributed by atoms with Gasteiger partial charge in [-0.15, -0.1) is 0 Å². The third kappa shape index (κ3) is 5.14. The summed E-state index contributed by atoms with van der Waals surface area (Å²) in [5.41, 5.74) is 7.66. The Morgan fingerprint density at radius 1 is 1.26 bits per heavy atom. The van der Waals surface area contributed by atoms with Crippen molar-refractivity contribution in [3.63, 3.8) is 0 Å². The van der Waals surface area contributed by atoms with Crippen LogP contribution in [0.5, 0.6) is 5.75 Å². The molecule has 0 fully saturated rings. The topological polar surface area (TPSA) is 41.7 Å². The summed E-state index contributed by atoms with van der Waals surface area (Å²) in [6, 6.07) is 5.82. The number of hydrogen-bond donors (Lipinski definition) is 1. The summed E-state index contributed by atoms with van der Waals surface area (Å²) in [7, 11) is 7.92. The van der Waals surface area contributed by atoms with Gasteiger partial charge in [-0.2, -0.15) is 0 Å². The number of benzene rings is 1. The van der Waals surface area contributed by atoms with Gasteiger partial charge in [0.1, 0.15) is 10.7 Å². The highest BCUT2D eigenvalue weighted by Crippen LogP contribution is 2.21. The molecule has 5 heteroatoms. The largest absolute Gasteiger partial charge is 0.496 e. The Labute approximate surface area is 121 Å². The molecule has 0 aliphatic carbocycles. The zero-order chi connectivity index (χ0) is 14.4. The molecule has 1 aromatic carbocycles. The first kappa shape index (κ1) is 15.9. The zero-order valence-electron chi connectivity index (χ0n) is 12.1. The maximum absolute atomic E-state index is 5.67. The summed E-state index contributed by atoms with van der Waals surface area (Å²) in [5.74, 6) is 0.872. The minimum absolute atomic E-state index is 0.417. The first-order chi connectivity index (χ1) is 8.93. The number of thiocarbonyl (C=S) groups is 1. The molecule has 0 saturated heterocycles. The third-order valence-electron chi connectivity index (χ3n) is 2.93. The molecule has 19 heavy (non-hydrogen) atoms. The number of rotatable bonds is 7. The van der Waals surface area contributed by atoms with Gasteiger partial charge in [0.15, 0.2) is 0 Å². The van der Waals surface area contributed by atoms with Crippen molar-refractivity contribution in [2.75, 3.05) is 41.3 Å². The van der Waals surface area contributed by atoms with E-state index in [0.717, 1.165) is 36.5 Å². The van der Waals surface area contributed by atoms with E-state index in [2.05, 4.69) is 30.9 Å². The molecule has 0 unspecified atom stereocenters. The van der Waals surface area contributed by atoms with Crippen LogP contribution in [-0.4, -0.2) is 56.1 Å². The van der Waals surface area contributed by atoms with Crippen LogP contribution in [0.25, 0.3) is 0 Å². The number of likely N-dealkylation sites (N-methyl/N-ethyl adjacent to an activating group) is 2. The van der Waals surface area contributed by atoms with Crippen LogP contribution >= 0.6 is 12.2 Å². The standard InChI is InChI=1S/C14H23N3OS/c1-16(2)7-8-17(3)10-12-9-11(14(15)19)5-6-13(12)18-4/h5-6,9H,7-8,10H2,1-4H3,(H2,15,19). The third-order valence-corrected chi connectivity index (χ3v) is 3.17. The van der Waals surface area contributed by atoms with Crippen LogP contribution in [0.3, 0.4) is 0 Å². The molecule has 0 bridgehead atoms. The van der Waals surface area contributed by atoms with Crippen LogP contribution in [0.1, 0.15) is 11.1 Å². The molecule has 1 aromatic rings. The monoisotopic (exact) mass is 281 g/mol. The van der Waals surface area contributed by atoms with Gasteiger partial charge >= 0.3 is 0 Å². The fraction of sp³-hybridized carbons (Fsp3) is 0.500. The summed E-state index contributed by atoms with van der Waals surface area (Å²) >= 11 is 5.02. The van der Waals surface area contributed by atoms with Crippen LogP contribution in [-0.2, 0) is 6.54 Å². The van der Waals surface area contributed by atoms with Gasteiger partial charge in [-0.3, -0.25) is 0 Å². The van der Waals surface area contributed by atoms with Gasteiger partial charge in [-0.25, -0.2) is 0 Å². The molecule has 0 amide bonds. The molecule has 1 rings (SSSR count). The first-order valence-electron chi connectivity index (χ1n) is 6.24. The van der Waals surface area contributed by atoms with E-state index in [1.54, 1.807) is 7.11 Å². The second-order valence-corrected chi connectivity index (χ2v) is 5.37. The van der Waals surface area contributed by atoms with E-state index >= 15 is 0 Å². The van der Waals surface area contributed by atoms with Crippen LogP contribution in [0, 0.1) is 0 Å². The Hall–Kier alpha value is -1.17. The molecule has 0 aromatic heterocycles. The van der Waals surface area contributed by atoms with Gasteiger partial charge in [0.2, 0.25) is 0 Å². The van der Waals surface area contributed by atoms with E-state index in [-0.39, 0.29) is 0 Å². The molecule has 0 aliphatic rings. The van der Waals surface area contributed by atoms with Crippen molar-refractivity contribution in [1.29, 1.82) is 0 Å². The minimum atomic E-state index is 0.417. The molecule has 0 radical (unpaired) electrons. The molecule has 0 aliphatic heterocycles. The number of nitrogens with zero attached hydrogens (tertiary/aromatic N) is 2. The van der Waals surface area contributed by atoms with Gasteiger partial charge in [-0.05, 0) is 39.3 Å². The number of nitrogens with two attached hydrogens (primary N) is 1. The smallest absolute Gasteiger partial charge is 0.123 e. The highest BCUT2D eigenvalue weighted by molar-refractivity contribution is 7.80. The predicted molar refractivity (Wildman–Crippen MR) is 83.8 cm³/mol. The van der Waals surface area contributed by atoms with Crippen molar-refractivity contribution in [1.82, 2.24) is 9.80 Å². The summed E-state index contributed by atoms with van der Waals surface area (Å²) in [4.78, 5) is 4.83. The molecule has 0 heterocycles. The van der Waals surface area contributed by atoms with E-state index < -0.39 is 0 Å². The number of methoxy groups -OCH3 is 1. The van der Waals surface area contributed by atoms with E-state index in [1.807, 2.05) is 18.2 Å². The normalized spacial score (nSPS) is 11.1. The van der Waals surface area contributed by atoms with Crippen LogP contribution in [0.2, 0.25) is 0 Å². The summed E-state index contributed by atoms with van der Waals surface area (Å²) < 4.78 is 5.39. The first-order valence-corrected chi connectivity index (χ1v) is 6.65. The van der Waals surface area contributed by atoms with Crippen molar-refractivity contribution in [2.45, 2.75) is 6.54 Å². The molecule has 4 nitrogen and oxygen atoms in total. The fourth-order valence-electron chi connectivity index (χ4n) is 1.80. The van der Waals surface area contributed by atoms with Crippen molar-refractivity contribution in [2.24, 2.45) is 5.73 Å². The fourth-order valence-corrected chi connectivity index (χ4v) is 1.92.